The van der Waals surface area contributed by atoms with Crippen molar-refractivity contribution in [3.63, 3.8) is 0 Å². The third-order valence-electron chi connectivity index (χ3n) is 5.91. The van der Waals surface area contributed by atoms with E-state index >= 15 is 0 Å². The van der Waals surface area contributed by atoms with Crippen LogP contribution in [0, 0.1) is 12.3 Å². The van der Waals surface area contributed by atoms with E-state index in [1.54, 1.807) is 17.2 Å². The van der Waals surface area contributed by atoms with Crippen LogP contribution in [0.15, 0.2) is 48.7 Å². The zero-order chi connectivity index (χ0) is 28.3. The Morgan fingerprint density at radius 1 is 1.32 bits per heavy atom. The molecular formula is C29H39ClN2O5S. The molecule has 0 spiro atoms. The lowest BCUT2D eigenvalue weighted by Crippen LogP contribution is -2.46. The first-order valence-electron chi connectivity index (χ1n) is 12.7. The average Bonchev–Trinajstić information content (AvgIpc) is 3.30. The third kappa shape index (κ3) is 10.3. The molecule has 1 aromatic heterocycles. The number of allylic oxidation sites excluding steroid dienone is 1. The van der Waals surface area contributed by atoms with Gasteiger partial charge in [0.25, 0.3) is 5.91 Å². The Balaban J connectivity index is 2.28. The van der Waals surface area contributed by atoms with Gasteiger partial charge in [-0.2, -0.15) is 0 Å². The molecule has 2 N–H and O–H groups in total. The lowest BCUT2D eigenvalue weighted by atomic mass is 9.93. The maximum atomic E-state index is 14.0. The predicted octanol–water partition coefficient (Wildman–Crippen LogP) is 6.01. The Hall–Kier alpha value is -2.52. The Labute approximate surface area is 234 Å². The van der Waals surface area contributed by atoms with Gasteiger partial charge < -0.3 is 19.8 Å². The van der Waals surface area contributed by atoms with Crippen LogP contribution < -0.4 is 4.90 Å². The number of hydrogen-bond donors (Lipinski definition) is 2. The number of amides is 1. The number of benzene rings is 1. The van der Waals surface area contributed by atoms with E-state index in [1.807, 2.05) is 52.0 Å². The van der Waals surface area contributed by atoms with Crippen molar-refractivity contribution < 1.29 is 24.5 Å². The second kappa shape index (κ2) is 15.2. The highest BCUT2D eigenvalue weighted by molar-refractivity contribution is 7.11. The van der Waals surface area contributed by atoms with E-state index in [0.717, 1.165) is 26.7 Å². The first-order valence-corrected chi connectivity index (χ1v) is 13.9. The Bertz CT molecular complexity index is 1130. The molecule has 0 bridgehead atoms. The second-order valence-electron chi connectivity index (χ2n) is 10.1. The van der Waals surface area contributed by atoms with E-state index in [9.17, 15) is 14.7 Å². The zero-order valence-electron chi connectivity index (χ0n) is 22.7. The molecule has 9 heteroatoms. The van der Waals surface area contributed by atoms with Gasteiger partial charge in [0.05, 0.1) is 11.6 Å². The fraction of sp³-hybridized carbons (Fsp3) is 0.483. The van der Waals surface area contributed by atoms with Crippen molar-refractivity contribution in [3.8, 4) is 0 Å². The number of halogens is 1. The predicted molar refractivity (Wildman–Crippen MR) is 154 cm³/mol. The molecule has 38 heavy (non-hydrogen) atoms. The minimum atomic E-state index is -0.808. The van der Waals surface area contributed by atoms with Crippen molar-refractivity contribution in [1.29, 1.82) is 0 Å². The highest BCUT2D eigenvalue weighted by Crippen LogP contribution is 2.29. The van der Waals surface area contributed by atoms with Gasteiger partial charge in [-0.15, -0.1) is 11.3 Å². The van der Waals surface area contributed by atoms with Crippen molar-refractivity contribution >= 4 is 40.5 Å². The van der Waals surface area contributed by atoms with Crippen molar-refractivity contribution in [2.45, 2.75) is 65.9 Å². The molecule has 1 heterocycles. The molecule has 1 atom stereocenters. The number of ether oxygens (including phenoxy) is 1. The molecule has 0 aliphatic heterocycles. The number of aliphatic hydroxyl groups excluding tert-OH is 1. The Morgan fingerprint density at radius 3 is 2.68 bits per heavy atom. The third-order valence-corrected chi connectivity index (χ3v) is 7.27. The lowest BCUT2D eigenvalue weighted by Gasteiger charge is -2.34. The molecule has 1 amide bonds. The lowest BCUT2D eigenvalue weighted by molar-refractivity contribution is -0.137. The molecule has 0 unspecified atom stereocenters. The molecular weight excluding hydrogens is 524 g/mol. The summed E-state index contributed by atoms with van der Waals surface area (Å²) in [5, 5.41) is 20.3. The topological polar surface area (TPSA) is 100.0 Å². The summed E-state index contributed by atoms with van der Waals surface area (Å²) in [6.07, 6.45) is 7.02. The van der Waals surface area contributed by atoms with Gasteiger partial charge in [-0.3, -0.25) is 9.59 Å². The average molecular weight is 563 g/mol. The summed E-state index contributed by atoms with van der Waals surface area (Å²) < 4.78 is 6.13. The molecule has 0 fully saturated rings. The fourth-order valence-electron chi connectivity index (χ4n) is 3.87. The van der Waals surface area contributed by atoms with Gasteiger partial charge in [-0.05, 0) is 62.4 Å². The summed E-state index contributed by atoms with van der Waals surface area (Å²) in [5.41, 5.74) is 1.78. The summed E-state index contributed by atoms with van der Waals surface area (Å²) in [4.78, 5) is 32.0. The van der Waals surface area contributed by atoms with E-state index < -0.39 is 17.5 Å². The summed E-state index contributed by atoms with van der Waals surface area (Å²) in [6, 6.07) is 5.39. The van der Waals surface area contributed by atoms with Crippen LogP contribution in [0.3, 0.4) is 0 Å². The summed E-state index contributed by atoms with van der Waals surface area (Å²) in [5.74, 6) is -1.01. The largest absolute Gasteiger partial charge is 0.481 e. The Morgan fingerprint density at radius 2 is 2.05 bits per heavy atom. The fourth-order valence-corrected chi connectivity index (χ4v) is 5.08. The maximum absolute atomic E-state index is 14.0. The molecule has 2 aromatic rings. The van der Waals surface area contributed by atoms with E-state index in [0.29, 0.717) is 37.3 Å². The summed E-state index contributed by atoms with van der Waals surface area (Å²) in [6.45, 7) is 12.0. The number of carbonyl (C=O) groups excluding carboxylic acids is 1. The standard InChI is InChI=1S/C29H39ClN2O5S/c1-6-8-20(2)17-37-25(13-14-26-31-16-23(38-26)9-7-10-27(34)35)28(36)32(18-29(4,5)19-33)24-12-11-22(30)15-21(24)3/h6,8,11-12,15-16,25,33H,2,7,9-10,13-14,17-19H2,1,3-5H3,(H,34,35)/b8-6-/t25-/m1/s1. The van der Waals surface area contributed by atoms with Gasteiger partial charge in [0.2, 0.25) is 0 Å². The van der Waals surface area contributed by atoms with Crippen LogP contribution in [0.25, 0.3) is 0 Å². The number of aromatic nitrogens is 1. The maximum Gasteiger partial charge on any atom is 0.303 e. The van der Waals surface area contributed by atoms with Gasteiger partial charge in [-0.1, -0.05) is 44.2 Å². The molecule has 0 radical (unpaired) electrons. The molecule has 0 aliphatic rings. The molecule has 0 saturated heterocycles. The van der Waals surface area contributed by atoms with Gasteiger partial charge in [0.1, 0.15) is 6.10 Å². The summed E-state index contributed by atoms with van der Waals surface area (Å²) in [7, 11) is 0. The number of anilines is 1. The number of rotatable bonds is 16. The minimum Gasteiger partial charge on any atom is -0.481 e. The number of aliphatic hydroxyl groups is 1. The van der Waals surface area contributed by atoms with Crippen LogP contribution in [0.4, 0.5) is 5.69 Å². The number of carboxylic acids is 1. The number of carbonyl (C=O) groups is 2. The quantitative estimate of drug-likeness (QED) is 0.243. The number of hydrogen-bond acceptors (Lipinski definition) is 6. The number of aryl methyl sites for hydroxylation is 3. The number of nitrogens with zero attached hydrogens (tertiary/aromatic N) is 2. The van der Waals surface area contributed by atoms with Crippen LogP contribution in [-0.4, -0.2) is 52.9 Å². The number of carboxylic acid groups (broad SMARTS) is 1. The highest BCUT2D eigenvalue weighted by Gasteiger charge is 2.32. The van der Waals surface area contributed by atoms with E-state index in [-0.39, 0.29) is 25.5 Å². The van der Waals surface area contributed by atoms with Gasteiger partial charge in [0, 0.05) is 53.2 Å². The monoisotopic (exact) mass is 562 g/mol. The molecule has 2 rings (SSSR count). The highest BCUT2D eigenvalue weighted by atomic mass is 35.5. The molecule has 208 valence electrons. The van der Waals surface area contributed by atoms with Crippen molar-refractivity contribution in [1.82, 2.24) is 4.98 Å². The molecule has 0 aliphatic carbocycles. The van der Waals surface area contributed by atoms with E-state index in [4.69, 9.17) is 21.4 Å². The molecule has 7 nitrogen and oxygen atoms in total. The zero-order valence-corrected chi connectivity index (χ0v) is 24.3. The van der Waals surface area contributed by atoms with Crippen molar-refractivity contribution in [2.75, 3.05) is 24.7 Å². The SMILES string of the molecule is C=C(/C=C\C)CO[C@H](CCc1ncc(CCCC(=O)O)s1)C(=O)N(CC(C)(C)CO)c1ccc(Cl)cc1C. The van der Waals surface area contributed by atoms with Crippen LogP contribution >= 0.6 is 22.9 Å². The Kier molecular flexibility index (Phi) is 12.7. The van der Waals surface area contributed by atoms with Crippen LogP contribution in [-0.2, 0) is 27.2 Å². The first-order chi connectivity index (χ1) is 18.0. The molecule has 1 aromatic carbocycles. The second-order valence-corrected chi connectivity index (χ2v) is 11.8. The first kappa shape index (κ1) is 31.7. The van der Waals surface area contributed by atoms with Crippen molar-refractivity contribution in [3.05, 3.63) is 69.2 Å². The van der Waals surface area contributed by atoms with E-state index in [2.05, 4.69) is 11.6 Å². The van der Waals surface area contributed by atoms with Crippen LogP contribution in [0.1, 0.15) is 55.5 Å². The van der Waals surface area contributed by atoms with Crippen LogP contribution in [0.5, 0.6) is 0 Å². The van der Waals surface area contributed by atoms with Crippen LogP contribution in [0.2, 0.25) is 5.02 Å². The summed E-state index contributed by atoms with van der Waals surface area (Å²) >= 11 is 7.72. The van der Waals surface area contributed by atoms with Gasteiger partial charge in [-0.25, -0.2) is 4.98 Å². The minimum absolute atomic E-state index is 0.0865. The number of thiazole rings is 1. The smallest absolute Gasteiger partial charge is 0.303 e. The van der Waals surface area contributed by atoms with Gasteiger partial charge in [0.15, 0.2) is 0 Å². The molecule has 0 saturated carbocycles. The van der Waals surface area contributed by atoms with Gasteiger partial charge >= 0.3 is 5.97 Å². The van der Waals surface area contributed by atoms with E-state index in [1.165, 1.54) is 11.3 Å². The van der Waals surface area contributed by atoms with Crippen molar-refractivity contribution in [2.24, 2.45) is 5.41 Å². The normalized spacial score (nSPS) is 12.6. The number of aliphatic carboxylic acids is 1.